The van der Waals surface area contributed by atoms with E-state index >= 15 is 0 Å². The SMILES string of the molecule is O[C@]1(CNCCCn2nnc3ccccc32)CCNC1. The number of benzene rings is 1. The Bertz CT molecular complexity index is 561. The van der Waals surface area contributed by atoms with E-state index in [0.717, 1.165) is 43.5 Å². The topological polar surface area (TPSA) is 75.0 Å². The maximum atomic E-state index is 10.2. The average molecular weight is 275 g/mol. The van der Waals surface area contributed by atoms with Crippen molar-refractivity contribution >= 4 is 11.0 Å². The number of nitrogens with one attached hydrogen (secondary N) is 2. The summed E-state index contributed by atoms with van der Waals surface area (Å²) in [6.07, 6.45) is 1.80. The van der Waals surface area contributed by atoms with E-state index in [0.29, 0.717) is 13.1 Å². The molecule has 1 saturated heterocycles. The molecule has 0 spiro atoms. The van der Waals surface area contributed by atoms with Gasteiger partial charge in [-0.05, 0) is 38.1 Å². The number of hydrogen-bond donors (Lipinski definition) is 3. The molecule has 0 unspecified atom stereocenters. The van der Waals surface area contributed by atoms with Crippen LogP contribution in [0.1, 0.15) is 12.8 Å². The van der Waals surface area contributed by atoms with Gasteiger partial charge in [-0.2, -0.15) is 0 Å². The first-order valence-corrected chi connectivity index (χ1v) is 7.19. The summed E-state index contributed by atoms with van der Waals surface area (Å²) in [6, 6.07) is 7.98. The van der Waals surface area contributed by atoms with Crippen LogP contribution in [-0.4, -0.2) is 51.9 Å². The molecule has 2 heterocycles. The molecule has 1 aliphatic heterocycles. The predicted molar refractivity (Wildman–Crippen MR) is 77.5 cm³/mol. The minimum atomic E-state index is -0.569. The van der Waals surface area contributed by atoms with E-state index in [-0.39, 0.29) is 0 Å². The number of rotatable bonds is 6. The lowest BCUT2D eigenvalue weighted by Crippen LogP contribution is -2.42. The third-order valence-corrected chi connectivity index (χ3v) is 3.82. The third kappa shape index (κ3) is 2.98. The van der Waals surface area contributed by atoms with E-state index in [1.54, 1.807) is 0 Å². The summed E-state index contributed by atoms with van der Waals surface area (Å²) in [5.41, 5.74) is 1.44. The van der Waals surface area contributed by atoms with Gasteiger partial charge in [0.2, 0.25) is 0 Å². The van der Waals surface area contributed by atoms with Gasteiger partial charge in [0.1, 0.15) is 5.52 Å². The first kappa shape index (κ1) is 13.5. The molecule has 1 aliphatic rings. The van der Waals surface area contributed by atoms with E-state index in [4.69, 9.17) is 0 Å². The zero-order valence-corrected chi connectivity index (χ0v) is 11.5. The molecule has 3 N–H and O–H groups in total. The van der Waals surface area contributed by atoms with Crippen molar-refractivity contribution in [3.05, 3.63) is 24.3 Å². The van der Waals surface area contributed by atoms with Gasteiger partial charge in [0.05, 0.1) is 11.1 Å². The molecule has 6 heteroatoms. The van der Waals surface area contributed by atoms with E-state index < -0.39 is 5.60 Å². The van der Waals surface area contributed by atoms with E-state index in [2.05, 4.69) is 20.9 Å². The van der Waals surface area contributed by atoms with Crippen molar-refractivity contribution in [1.82, 2.24) is 25.6 Å². The Morgan fingerprint density at radius 1 is 1.40 bits per heavy atom. The summed E-state index contributed by atoms with van der Waals surface area (Å²) < 4.78 is 1.93. The molecule has 0 aliphatic carbocycles. The number of para-hydroxylation sites is 1. The Labute approximate surface area is 118 Å². The minimum Gasteiger partial charge on any atom is -0.387 e. The summed E-state index contributed by atoms with van der Waals surface area (Å²) in [4.78, 5) is 0. The molecule has 3 rings (SSSR count). The number of aliphatic hydroxyl groups is 1. The molecule has 1 atom stereocenters. The fraction of sp³-hybridized carbons (Fsp3) is 0.571. The summed E-state index contributed by atoms with van der Waals surface area (Å²) in [7, 11) is 0. The van der Waals surface area contributed by atoms with Crippen molar-refractivity contribution in [2.24, 2.45) is 0 Å². The second-order valence-electron chi connectivity index (χ2n) is 5.48. The normalized spacial score (nSPS) is 22.6. The lowest BCUT2D eigenvalue weighted by atomic mass is 10.0. The monoisotopic (exact) mass is 275 g/mol. The number of aromatic nitrogens is 3. The molecule has 0 saturated carbocycles. The van der Waals surface area contributed by atoms with Gasteiger partial charge in [-0.1, -0.05) is 17.3 Å². The van der Waals surface area contributed by atoms with Crippen LogP contribution in [0.2, 0.25) is 0 Å². The maximum Gasteiger partial charge on any atom is 0.113 e. The Morgan fingerprint density at radius 2 is 2.30 bits per heavy atom. The van der Waals surface area contributed by atoms with Gasteiger partial charge in [0.25, 0.3) is 0 Å². The molecule has 0 bridgehead atoms. The van der Waals surface area contributed by atoms with Crippen LogP contribution in [-0.2, 0) is 6.54 Å². The second-order valence-corrected chi connectivity index (χ2v) is 5.48. The van der Waals surface area contributed by atoms with Crippen LogP contribution in [0.5, 0.6) is 0 Å². The Hall–Kier alpha value is -1.50. The molecule has 108 valence electrons. The molecular formula is C14H21N5O. The molecule has 0 amide bonds. The largest absolute Gasteiger partial charge is 0.387 e. The quantitative estimate of drug-likeness (QED) is 0.654. The van der Waals surface area contributed by atoms with Crippen molar-refractivity contribution in [3.8, 4) is 0 Å². The Kier molecular flexibility index (Phi) is 3.95. The highest BCUT2D eigenvalue weighted by molar-refractivity contribution is 5.73. The number of hydrogen-bond acceptors (Lipinski definition) is 5. The molecule has 1 aromatic carbocycles. The highest BCUT2D eigenvalue weighted by Crippen LogP contribution is 2.12. The van der Waals surface area contributed by atoms with Gasteiger partial charge >= 0.3 is 0 Å². The fourth-order valence-corrected chi connectivity index (χ4v) is 2.64. The minimum absolute atomic E-state index is 0.569. The van der Waals surface area contributed by atoms with Crippen molar-refractivity contribution < 1.29 is 5.11 Å². The molecular weight excluding hydrogens is 254 g/mol. The highest BCUT2D eigenvalue weighted by atomic mass is 16.3. The van der Waals surface area contributed by atoms with Crippen molar-refractivity contribution in [2.45, 2.75) is 25.0 Å². The predicted octanol–water partition coefficient (Wildman–Crippen LogP) is 0.135. The smallest absolute Gasteiger partial charge is 0.113 e. The molecule has 1 aromatic heterocycles. The Morgan fingerprint density at radius 3 is 3.15 bits per heavy atom. The molecule has 0 radical (unpaired) electrons. The molecule has 6 nitrogen and oxygen atoms in total. The average Bonchev–Trinajstić information content (AvgIpc) is 3.06. The van der Waals surface area contributed by atoms with Gasteiger partial charge in [-0.3, -0.25) is 0 Å². The van der Waals surface area contributed by atoms with Crippen molar-refractivity contribution in [3.63, 3.8) is 0 Å². The van der Waals surface area contributed by atoms with Gasteiger partial charge in [0.15, 0.2) is 0 Å². The van der Waals surface area contributed by atoms with Crippen molar-refractivity contribution in [1.29, 1.82) is 0 Å². The van der Waals surface area contributed by atoms with Crippen LogP contribution in [0.15, 0.2) is 24.3 Å². The van der Waals surface area contributed by atoms with Crippen LogP contribution in [0.4, 0.5) is 0 Å². The standard InChI is InChI=1S/C14H21N5O/c20-14(6-8-16-11-14)10-15-7-3-9-19-13-5-2-1-4-12(13)17-18-19/h1-2,4-5,15-16,20H,3,6-11H2/t14-/m0/s1. The first-order valence-electron chi connectivity index (χ1n) is 7.19. The number of nitrogens with zero attached hydrogens (tertiary/aromatic N) is 3. The van der Waals surface area contributed by atoms with Crippen LogP contribution in [0.25, 0.3) is 11.0 Å². The van der Waals surface area contributed by atoms with Gasteiger partial charge < -0.3 is 15.7 Å². The highest BCUT2D eigenvalue weighted by Gasteiger charge is 2.30. The van der Waals surface area contributed by atoms with Crippen molar-refractivity contribution in [2.75, 3.05) is 26.2 Å². The summed E-state index contributed by atoms with van der Waals surface area (Å²) >= 11 is 0. The maximum absolute atomic E-state index is 10.2. The summed E-state index contributed by atoms with van der Waals surface area (Å²) in [6.45, 7) is 3.95. The zero-order chi connectivity index (χ0) is 13.8. The lowest BCUT2D eigenvalue weighted by molar-refractivity contribution is 0.0612. The second kappa shape index (κ2) is 5.87. The number of β-amino-alcohol motifs (C(OH)–C–C–N with tert-alkyl or cyclic N) is 1. The molecule has 1 fully saturated rings. The van der Waals surface area contributed by atoms with Gasteiger partial charge in [-0.15, -0.1) is 5.10 Å². The van der Waals surface area contributed by atoms with E-state index in [1.807, 2.05) is 28.9 Å². The van der Waals surface area contributed by atoms with Gasteiger partial charge in [-0.25, -0.2) is 4.68 Å². The summed E-state index contributed by atoms with van der Waals surface area (Å²) in [5, 5.41) is 25.0. The number of fused-ring (bicyclic) bond motifs is 1. The first-order chi connectivity index (χ1) is 9.77. The lowest BCUT2D eigenvalue weighted by Gasteiger charge is -2.21. The van der Waals surface area contributed by atoms with Crippen LogP contribution < -0.4 is 10.6 Å². The molecule has 2 aromatic rings. The third-order valence-electron chi connectivity index (χ3n) is 3.82. The zero-order valence-electron chi connectivity index (χ0n) is 11.5. The number of aryl methyl sites for hydroxylation is 1. The van der Waals surface area contributed by atoms with E-state index in [9.17, 15) is 5.11 Å². The van der Waals surface area contributed by atoms with Gasteiger partial charge in [0, 0.05) is 19.6 Å². The van der Waals surface area contributed by atoms with Crippen LogP contribution in [0.3, 0.4) is 0 Å². The molecule has 20 heavy (non-hydrogen) atoms. The van der Waals surface area contributed by atoms with E-state index in [1.165, 1.54) is 0 Å². The fourth-order valence-electron chi connectivity index (χ4n) is 2.64. The van der Waals surface area contributed by atoms with Crippen LogP contribution >= 0.6 is 0 Å². The Balaban J connectivity index is 1.44. The summed E-state index contributed by atoms with van der Waals surface area (Å²) in [5.74, 6) is 0. The van der Waals surface area contributed by atoms with Crippen LogP contribution in [0, 0.1) is 0 Å².